The van der Waals surface area contributed by atoms with E-state index in [0.717, 1.165) is 31.3 Å². The molecule has 0 amide bonds. The van der Waals surface area contributed by atoms with E-state index in [4.69, 9.17) is 0 Å². The average Bonchev–Trinajstić information content (AvgIpc) is 2.71. The van der Waals surface area contributed by atoms with Crippen molar-refractivity contribution in [3.63, 3.8) is 0 Å². The van der Waals surface area contributed by atoms with Crippen molar-refractivity contribution in [1.82, 2.24) is 0 Å². The number of carbonyl (C=O) groups excluding carboxylic acids is 1. The Morgan fingerprint density at radius 2 is 1.83 bits per heavy atom. The third kappa shape index (κ3) is 1.88. The van der Waals surface area contributed by atoms with E-state index < -0.39 is 5.60 Å². The number of allylic oxidation sites excluding steroid dienone is 2. The molecule has 4 rings (SSSR count). The highest BCUT2D eigenvalue weighted by Crippen LogP contribution is 2.67. The first kappa shape index (κ1) is 15.6. The van der Waals surface area contributed by atoms with Crippen LogP contribution in [0.15, 0.2) is 23.8 Å². The summed E-state index contributed by atoms with van der Waals surface area (Å²) < 4.78 is 0. The molecule has 0 aliphatic heterocycles. The van der Waals surface area contributed by atoms with Gasteiger partial charge in [-0.15, -0.1) is 0 Å². The van der Waals surface area contributed by atoms with Crippen molar-refractivity contribution >= 4 is 5.78 Å². The average molecular weight is 314 g/mol. The second-order valence-corrected chi connectivity index (χ2v) is 9.42. The molecule has 1 N–H and O–H groups in total. The number of ketones is 1. The zero-order valence-electron chi connectivity index (χ0n) is 14.8. The smallest absolute Gasteiger partial charge is 0.181 e. The summed E-state index contributed by atoms with van der Waals surface area (Å²) in [5.74, 6) is 2.14. The predicted molar refractivity (Wildman–Crippen MR) is 91.9 cm³/mol. The van der Waals surface area contributed by atoms with Crippen LogP contribution in [0.2, 0.25) is 0 Å². The summed E-state index contributed by atoms with van der Waals surface area (Å²) in [6.07, 6.45) is 9.42. The topological polar surface area (TPSA) is 37.3 Å². The molecule has 2 heteroatoms. The molecule has 23 heavy (non-hydrogen) atoms. The van der Waals surface area contributed by atoms with Crippen molar-refractivity contribution in [2.24, 2.45) is 28.6 Å². The molecule has 0 saturated heterocycles. The molecular weight excluding hydrogens is 284 g/mol. The van der Waals surface area contributed by atoms with E-state index in [1.807, 2.05) is 6.08 Å². The Bertz CT molecular complexity index is 613. The molecule has 3 fully saturated rings. The SMILES string of the molecule is C=C1C[C@]2(C)C(=CC1=O)CC[C@H]1[C@H]3CC[C@](C)(O)[C@@]3(C)CC[C@@H]12. The van der Waals surface area contributed by atoms with Gasteiger partial charge in [0.25, 0.3) is 0 Å². The molecular formula is C21H30O2. The second-order valence-electron chi connectivity index (χ2n) is 9.42. The van der Waals surface area contributed by atoms with Crippen molar-refractivity contribution in [2.75, 3.05) is 0 Å². The minimum Gasteiger partial charge on any atom is -0.390 e. The van der Waals surface area contributed by atoms with Crippen LogP contribution in [0.3, 0.4) is 0 Å². The lowest BCUT2D eigenvalue weighted by atomic mass is 9.46. The first-order valence-corrected chi connectivity index (χ1v) is 9.35. The summed E-state index contributed by atoms with van der Waals surface area (Å²) in [5, 5.41) is 10.9. The standard InChI is InChI=1S/C21H30O2/c1-13-12-19(2)14(11-18(13)22)5-6-15-16(19)7-9-20(3)17(15)8-10-21(20,4)23/h11,15-17,23H,1,5-10,12H2,2-4H3/t15-,16+,17-,19-,20+,21+/m1/s1. The highest BCUT2D eigenvalue weighted by atomic mass is 16.3. The van der Waals surface area contributed by atoms with Crippen LogP contribution in [0.4, 0.5) is 0 Å². The minimum absolute atomic E-state index is 0.0766. The monoisotopic (exact) mass is 314 g/mol. The zero-order valence-corrected chi connectivity index (χ0v) is 14.8. The highest BCUT2D eigenvalue weighted by Gasteiger charge is 2.62. The zero-order chi connectivity index (χ0) is 16.6. The first-order valence-electron chi connectivity index (χ1n) is 9.35. The lowest BCUT2D eigenvalue weighted by Gasteiger charge is -2.59. The lowest BCUT2D eigenvalue weighted by molar-refractivity contribution is -0.120. The van der Waals surface area contributed by atoms with Crippen LogP contribution in [0.1, 0.15) is 65.7 Å². The van der Waals surface area contributed by atoms with Gasteiger partial charge >= 0.3 is 0 Å². The van der Waals surface area contributed by atoms with Crippen LogP contribution in [0.5, 0.6) is 0 Å². The summed E-state index contributed by atoms with van der Waals surface area (Å²) in [4.78, 5) is 12.1. The molecule has 0 radical (unpaired) electrons. The molecule has 4 aliphatic rings. The van der Waals surface area contributed by atoms with Crippen LogP contribution in [0.25, 0.3) is 0 Å². The Hall–Kier alpha value is -0.890. The molecule has 0 spiro atoms. The molecule has 126 valence electrons. The third-order valence-electron chi connectivity index (χ3n) is 8.53. The van der Waals surface area contributed by atoms with E-state index in [1.165, 1.54) is 24.8 Å². The summed E-state index contributed by atoms with van der Waals surface area (Å²) in [7, 11) is 0. The number of hydrogen-bond acceptors (Lipinski definition) is 2. The number of hydrogen-bond donors (Lipinski definition) is 1. The summed E-state index contributed by atoms with van der Waals surface area (Å²) in [5.41, 5.74) is 1.87. The van der Waals surface area contributed by atoms with Gasteiger partial charge in [-0.25, -0.2) is 0 Å². The number of aliphatic hydroxyl groups is 1. The Balaban J connectivity index is 1.72. The van der Waals surface area contributed by atoms with Gasteiger partial charge in [-0.1, -0.05) is 26.0 Å². The van der Waals surface area contributed by atoms with Crippen molar-refractivity contribution in [3.05, 3.63) is 23.8 Å². The van der Waals surface area contributed by atoms with Gasteiger partial charge in [0.15, 0.2) is 5.78 Å². The van der Waals surface area contributed by atoms with E-state index in [0.29, 0.717) is 17.8 Å². The van der Waals surface area contributed by atoms with E-state index in [9.17, 15) is 9.90 Å². The molecule has 0 aromatic carbocycles. The van der Waals surface area contributed by atoms with E-state index in [2.05, 4.69) is 27.4 Å². The predicted octanol–water partition coefficient (Wildman–Crippen LogP) is 4.44. The summed E-state index contributed by atoms with van der Waals surface area (Å²) >= 11 is 0. The fourth-order valence-corrected chi connectivity index (χ4v) is 6.84. The molecule has 3 saturated carbocycles. The molecule has 0 aromatic rings. The molecule has 0 aromatic heterocycles. The minimum atomic E-state index is -0.508. The van der Waals surface area contributed by atoms with Crippen LogP contribution in [-0.4, -0.2) is 16.5 Å². The maximum Gasteiger partial charge on any atom is 0.181 e. The van der Waals surface area contributed by atoms with Crippen molar-refractivity contribution in [1.29, 1.82) is 0 Å². The summed E-state index contributed by atoms with van der Waals surface area (Å²) in [6, 6.07) is 0. The highest BCUT2D eigenvalue weighted by molar-refractivity contribution is 6.05. The normalized spacial score (nSPS) is 52.5. The van der Waals surface area contributed by atoms with Crippen LogP contribution < -0.4 is 0 Å². The van der Waals surface area contributed by atoms with Gasteiger partial charge in [-0.05, 0) is 92.1 Å². The molecule has 0 bridgehead atoms. The largest absolute Gasteiger partial charge is 0.390 e. The maximum absolute atomic E-state index is 12.1. The van der Waals surface area contributed by atoms with Crippen LogP contribution >= 0.6 is 0 Å². The van der Waals surface area contributed by atoms with Crippen molar-refractivity contribution < 1.29 is 9.90 Å². The van der Waals surface area contributed by atoms with Gasteiger partial charge in [0, 0.05) is 0 Å². The van der Waals surface area contributed by atoms with Gasteiger partial charge in [0.05, 0.1) is 5.60 Å². The van der Waals surface area contributed by atoms with Crippen LogP contribution in [0, 0.1) is 28.6 Å². The van der Waals surface area contributed by atoms with Crippen molar-refractivity contribution in [3.8, 4) is 0 Å². The van der Waals surface area contributed by atoms with E-state index in [1.54, 1.807) is 0 Å². The lowest BCUT2D eigenvalue weighted by Crippen LogP contribution is -2.54. The number of rotatable bonds is 0. The maximum atomic E-state index is 12.1. The van der Waals surface area contributed by atoms with Crippen molar-refractivity contribution in [2.45, 2.75) is 71.3 Å². The molecule has 0 heterocycles. The quantitative estimate of drug-likeness (QED) is 0.671. The third-order valence-corrected chi connectivity index (χ3v) is 8.53. The van der Waals surface area contributed by atoms with Gasteiger partial charge < -0.3 is 5.11 Å². The Morgan fingerprint density at radius 3 is 2.57 bits per heavy atom. The van der Waals surface area contributed by atoms with Gasteiger partial charge in [-0.2, -0.15) is 0 Å². The fourth-order valence-electron chi connectivity index (χ4n) is 6.84. The van der Waals surface area contributed by atoms with Crippen LogP contribution in [-0.2, 0) is 4.79 Å². The first-order chi connectivity index (χ1) is 10.7. The molecule has 0 unspecified atom stereocenters. The van der Waals surface area contributed by atoms with Gasteiger partial charge in [0.2, 0.25) is 0 Å². The van der Waals surface area contributed by atoms with E-state index >= 15 is 0 Å². The Kier molecular flexibility index (Phi) is 3.12. The fraction of sp³-hybridized carbons (Fsp3) is 0.762. The summed E-state index contributed by atoms with van der Waals surface area (Å²) in [6.45, 7) is 10.8. The number of fused-ring (bicyclic) bond motifs is 5. The molecule has 2 nitrogen and oxygen atoms in total. The Labute approximate surface area is 140 Å². The molecule has 4 aliphatic carbocycles. The molecule has 6 atom stereocenters. The number of carbonyl (C=O) groups is 1. The second kappa shape index (κ2) is 4.59. The van der Waals surface area contributed by atoms with E-state index in [-0.39, 0.29) is 16.6 Å². The van der Waals surface area contributed by atoms with Gasteiger partial charge in [-0.3, -0.25) is 4.79 Å². The Morgan fingerprint density at radius 1 is 1.13 bits per heavy atom. The van der Waals surface area contributed by atoms with Gasteiger partial charge in [0.1, 0.15) is 0 Å².